The molecule has 0 radical (unpaired) electrons. The molecule has 0 aliphatic carbocycles. The molecule has 3 rings (SSSR count). The molecule has 0 N–H and O–H groups in total. The first-order valence-electron chi connectivity index (χ1n) is 12.1. The first-order valence-corrected chi connectivity index (χ1v) is 17.8. The zero-order valence-electron chi connectivity index (χ0n) is 22.3. The van der Waals surface area contributed by atoms with Crippen molar-refractivity contribution in [1.29, 1.82) is 0 Å². The van der Waals surface area contributed by atoms with Crippen molar-refractivity contribution in [2.24, 2.45) is 0 Å². The molecule has 186 valence electrons. The van der Waals surface area contributed by atoms with Crippen LogP contribution in [0.2, 0.25) is 23.2 Å². The Morgan fingerprint density at radius 1 is 0.743 bits per heavy atom. The van der Waals surface area contributed by atoms with Crippen molar-refractivity contribution in [1.82, 2.24) is 4.98 Å². The van der Waals surface area contributed by atoms with E-state index in [0.29, 0.717) is 0 Å². The SMILES string of the molecule is CC(C)(C)[Si](C)(C)O/C(=C\O[Si](c1ccccc1)(c1ccccc1)C(C)(C)C)Sc1ccccn1. The maximum Gasteiger partial charge on any atom is 0.319 e. The topological polar surface area (TPSA) is 31.4 Å². The Balaban J connectivity index is 2.15. The van der Waals surface area contributed by atoms with Crippen molar-refractivity contribution in [2.75, 3.05) is 0 Å². The van der Waals surface area contributed by atoms with E-state index in [2.05, 4.69) is 120 Å². The van der Waals surface area contributed by atoms with Gasteiger partial charge in [0.1, 0.15) is 11.3 Å². The van der Waals surface area contributed by atoms with Crippen LogP contribution in [0.15, 0.2) is 101 Å². The van der Waals surface area contributed by atoms with E-state index in [1.165, 1.54) is 22.1 Å². The van der Waals surface area contributed by atoms with Crippen molar-refractivity contribution in [3.8, 4) is 0 Å². The van der Waals surface area contributed by atoms with Crippen LogP contribution >= 0.6 is 11.8 Å². The Morgan fingerprint density at radius 2 is 1.26 bits per heavy atom. The average molecular weight is 522 g/mol. The lowest BCUT2D eigenvalue weighted by Crippen LogP contribution is -2.65. The molecular weight excluding hydrogens is 483 g/mol. The van der Waals surface area contributed by atoms with Crippen LogP contribution in [0.3, 0.4) is 0 Å². The van der Waals surface area contributed by atoms with E-state index in [1.807, 2.05) is 30.7 Å². The number of rotatable bonds is 8. The number of hydrogen-bond acceptors (Lipinski definition) is 4. The van der Waals surface area contributed by atoms with Crippen LogP contribution in [-0.4, -0.2) is 21.6 Å². The highest BCUT2D eigenvalue weighted by Crippen LogP contribution is 2.42. The van der Waals surface area contributed by atoms with Gasteiger partial charge in [-0.15, -0.1) is 0 Å². The molecule has 0 unspecified atom stereocenters. The third kappa shape index (κ3) is 6.29. The molecule has 0 spiro atoms. The molecule has 0 amide bonds. The summed E-state index contributed by atoms with van der Waals surface area (Å²) in [4.78, 5) is 4.53. The summed E-state index contributed by atoms with van der Waals surface area (Å²) < 4.78 is 13.9. The van der Waals surface area contributed by atoms with Crippen LogP contribution in [0.1, 0.15) is 41.5 Å². The maximum atomic E-state index is 7.08. The van der Waals surface area contributed by atoms with Gasteiger partial charge in [0.05, 0.1) is 0 Å². The van der Waals surface area contributed by atoms with Gasteiger partial charge in [-0.2, -0.15) is 0 Å². The van der Waals surface area contributed by atoms with Gasteiger partial charge < -0.3 is 8.85 Å². The number of hydrogen-bond donors (Lipinski definition) is 0. The van der Waals surface area contributed by atoms with Gasteiger partial charge in [-0.05, 0) is 57.4 Å². The molecule has 0 bridgehead atoms. The summed E-state index contributed by atoms with van der Waals surface area (Å²) in [6.45, 7) is 18.2. The van der Waals surface area contributed by atoms with Crippen LogP contribution in [0.5, 0.6) is 0 Å². The fraction of sp³-hybridized carbons (Fsp3) is 0.345. The standard InChI is InChI=1S/C29H39NO2SSi2/c1-28(2,3)34(7,8)32-27(33-26-21-15-16-22-30-26)23-31-35(29(4,5)6,24-17-11-9-12-18-24)25-19-13-10-14-20-25/h9-23H,1-8H3/b27-23+. The summed E-state index contributed by atoms with van der Waals surface area (Å²) in [6.07, 6.45) is 3.70. The zero-order chi connectivity index (χ0) is 25.7. The predicted molar refractivity (Wildman–Crippen MR) is 155 cm³/mol. The smallest absolute Gasteiger partial charge is 0.319 e. The highest BCUT2D eigenvalue weighted by Gasteiger charge is 2.51. The lowest BCUT2D eigenvalue weighted by molar-refractivity contribution is 0.375. The van der Waals surface area contributed by atoms with Crippen molar-refractivity contribution in [3.05, 3.63) is 96.4 Å². The van der Waals surface area contributed by atoms with E-state index in [-0.39, 0.29) is 10.1 Å². The maximum absolute atomic E-state index is 7.08. The quantitative estimate of drug-likeness (QED) is 0.174. The van der Waals surface area contributed by atoms with Gasteiger partial charge in [0.25, 0.3) is 8.32 Å². The summed E-state index contributed by atoms with van der Waals surface area (Å²) in [7, 11) is -4.83. The number of benzene rings is 2. The number of nitrogens with zero attached hydrogens (tertiary/aromatic N) is 1. The lowest BCUT2D eigenvalue weighted by atomic mass is 10.2. The van der Waals surface area contributed by atoms with Crippen molar-refractivity contribution < 1.29 is 8.85 Å². The Kier molecular flexibility index (Phi) is 8.40. The van der Waals surface area contributed by atoms with Crippen LogP contribution in [0, 0.1) is 0 Å². The summed E-state index contributed by atoms with van der Waals surface area (Å²) in [5, 5.41) is 4.08. The molecule has 0 saturated heterocycles. The number of pyridine rings is 1. The fourth-order valence-electron chi connectivity index (χ4n) is 3.81. The summed E-state index contributed by atoms with van der Waals surface area (Å²) in [5.41, 5.74) is 0. The van der Waals surface area contributed by atoms with E-state index in [9.17, 15) is 0 Å². The third-order valence-corrected chi connectivity index (χ3v) is 17.0. The van der Waals surface area contributed by atoms with Crippen LogP contribution < -0.4 is 10.4 Å². The van der Waals surface area contributed by atoms with Crippen LogP contribution in [0.25, 0.3) is 0 Å². The van der Waals surface area contributed by atoms with Crippen LogP contribution in [-0.2, 0) is 8.85 Å². The summed E-state index contributed by atoms with van der Waals surface area (Å²) >= 11 is 1.53. The lowest BCUT2D eigenvalue weighted by Gasteiger charge is -2.42. The van der Waals surface area contributed by atoms with Crippen molar-refractivity contribution in [2.45, 2.75) is 69.7 Å². The molecule has 1 heterocycles. The Hall–Kier alpha value is -2.29. The molecule has 3 aromatic rings. The van der Waals surface area contributed by atoms with Gasteiger partial charge in [-0.3, -0.25) is 0 Å². The number of aromatic nitrogens is 1. The Labute approximate surface area is 218 Å². The average Bonchev–Trinajstić information content (AvgIpc) is 2.79. The largest absolute Gasteiger partial charge is 0.537 e. The van der Waals surface area contributed by atoms with Crippen LogP contribution in [0.4, 0.5) is 0 Å². The van der Waals surface area contributed by atoms with Gasteiger partial charge in [-0.25, -0.2) is 4.98 Å². The molecular formula is C29H39NO2SSi2. The van der Waals surface area contributed by atoms with Gasteiger partial charge in [-0.1, -0.05) is 108 Å². The van der Waals surface area contributed by atoms with Crippen molar-refractivity contribution >= 4 is 38.8 Å². The third-order valence-electron chi connectivity index (χ3n) is 6.75. The monoisotopic (exact) mass is 521 g/mol. The minimum Gasteiger partial charge on any atom is -0.537 e. The molecule has 0 aliphatic rings. The summed E-state index contributed by atoms with van der Waals surface area (Å²) in [6, 6.07) is 27.3. The zero-order valence-corrected chi connectivity index (χ0v) is 25.1. The minimum absolute atomic E-state index is 0.0637. The highest BCUT2D eigenvalue weighted by molar-refractivity contribution is 8.02. The van der Waals surface area contributed by atoms with E-state index in [0.717, 1.165) is 10.1 Å². The molecule has 35 heavy (non-hydrogen) atoms. The predicted octanol–water partition coefficient (Wildman–Crippen LogP) is 7.57. The summed E-state index contributed by atoms with van der Waals surface area (Å²) in [5.74, 6) is 0. The molecule has 0 aliphatic heterocycles. The van der Waals surface area contributed by atoms with Gasteiger partial charge in [0.2, 0.25) is 0 Å². The normalized spacial score (nSPS) is 13.4. The second-order valence-corrected chi connectivity index (χ2v) is 21.4. The van der Waals surface area contributed by atoms with Gasteiger partial charge in [0.15, 0.2) is 5.09 Å². The van der Waals surface area contributed by atoms with E-state index in [1.54, 1.807) is 0 Å². The molecule has 0 atom stereocenters. The van der Waals surface area contributed by atoms with Gasteiger partial charge >= 0.3 is 8.32 Å². The van der Waals surface area contributed by atoms with E-state index < -0.39 is 16.6 Å². The fourth-order valence-corrected chi connectivity index (χ4v) is 10.4. The minimum atomic E-state index is -2.73. The Bertz CT molecular complexity index is 1070. The Morgan fingerprint density at radius 3 is 1.69 bits per heavy atom. The molecule has 2 aromatic carbocycles. The molecule has 0 fully saturated rings. The van der Waals surface area contributed by atoms with Gasteiger partial charge in [0, 0.05) is 6.20 Å². The van der Waals surface area contributed by atoms with E-state index >= 15 is 0 Å². The van der Waals surface area contributed by atoms with E-state index in [4.69, 9.17) is 8.85 Å². The second-order valence-electron chi connectivity index (χ2n) is 11.4. The van der Waals surface area contributed by atoms with Crippen molar-refractivity contribution in [3.63, 3.8) is 0 Å². The second kappa shape index (κ2) is 10.8. The molecule has 0 saturated carbocycles. The molecule has 1 aromatic heterocycles. The number of thioether (sulfide) groups is 1. The first-order chi connectivity index (χ1) is 16.4. The molecule has 6 heteroatoms. The molecule has 3 nitrogen and oxygen atoms in total. The highest BCUT2D eigenvalue weighted by atomic mass is 32.2. The first kappa shape index (κ1) is 27.3.